The Morgan fingerprint density at radius 1 is 1.09 bits per heavy atom. The topological polar surface area (TPSA) is 104 Å². The first-order valence-corrected chi connectivity index (χ1v) is 12.9. The zero-order chi connectivity index (χ0) is 25.3. The van der Waals surface area contributed by atoms with Crippen LogP contribution in [-0.4, -0.2) is 66.6 Å². The van der Waals surface area contributed by atoms with Gasteiger partial charge in [0.2, 0.25) is 15.4 Å². The first kappa shape index (κ1) is 26.3. The number of nitrogens with one attached hydrogen (secondary N) is 1. The third-order valence-corrected chi connectivity index (χ3v) is 8.19. The molecular weight excluding hydrogens is 517 g/mol. The molecule has 1 heterocycles. The van der Waals surface area contributed by atoms with Gasteiger partial charge < -0.3 is 15.3 Å². The highest BCUT2D eigenvalue weighted by atomic mass is 35.5. The van der Waals surface area contributed by atoms with Crippen LogP contribution in [0.15, 0.2) is 52.3 Å². The van der Waals surface area contributed by atoms with Gasteiger partial charge in [0.05, 0.1) is 20.5 Å². The van der Waals surface area contributed by atoms with Gasteiger partial charge in [-0.1, -0.05) is 17.7 Å². The second-order valence-electron chi connectivity index (χ2n) is 7.60. The van der Waals surface area contributed by atoms with Crippen LogP contribution in [0.4, 0.5) is 18.9 Å². The Morgan fingerprint density at radius 3 is 2.29 bits per heavy atom. The summed E-state index contributed by atoms with van der Waals surface area (Å²) in [4.78, 5) is 25.8. The Labute approximate surface area is 203 Å². The van der Waals surface area contributed by atoms with Crippen molar-refractivity contribution in [1.82, 2.24) is 4.90 Å². The van der Waals surface area contributed by atoms with E-state index in [0.717, 1.165) is 29.7 Å². The van der Waals surface area contributed by atoms with Crippen LogP contribution in [0.2, 0.25) is 5.02 Å². The molecule has 2 aromatic rings. The molecule has 1 atom stereocenters. The number of sulfone groups is 1. The van der Waals surface area contributed by atoms with Crippen molar-refractivity contribution in [3.8, 4) is 0 Å². The maximum atomic E-state index is 13.1. The molecule has 1 saturated heterocycles. The standard InChI is InChI=1S/C21H20ClF3N2O5S2/c1-20(30,21(23,24)25)19(29)26-17-6-5-15(12-16(17)22)34(31,32)14-4-2-3-13(11-14)18(28)27-7-9-33-10-8-27/h2-6,11-12,30H,7-10H2,1H3,(H,26,29)/t20-/m1/s1. The molecule has 1 aliphatic heterocycles. The van der Waals surface area contributed by atoms with Crippen molar-refractivity contribution in [3.05, 3.63) is 53.1 Å². The average molecular weight is 537 g/mol. The molecule has 2 N–H and O–H groups in total. The molecular formula is C21H20ClF3N2O5S2. The third kappa shape index (κ3) is 5.35. The predicted molar refractivity (Wildman–Crippen MR) is 122 cm³/mol. The lowest BCUT2D eigenvalue weighted by Gasteiger charge is -2.26. The number of carbonyl (C=O) groups excluding carboxylic acids is 2. The van der Waals surface area contributed by atoms with E-state index in [1.54, 1.807) is 16.7 Å². The second kappa shape index (κ2) is 9.76. The molecule has 0 bridgehead atoms. The van der Waals surface area contributed by atoms with Crippen molar-refractivity contribution in [2.24, 2.45) is 0 Å². The normalized spacial score (nSPS) is 16.6. The van der Waals surface area contributed by atoms with Crippen molar-refractivity contribution in [3.63, 3.8) is 0 Å². The van der Waals surface area contributed by atoms with Crippen molar-refractivity contribution in [2.45, 2.75) is 28.5 Å². The highest BCUT2D eigenvalue weighted by molar-refractivity contribution is 7.99. The maximum Gasteiger partial charge on any atom is 0.426 e. The third-order valence-electron chi connectivity index (χ3n) is 5.18. The molecule has 0 saturated carbocycles. The van der Waals surface area contributed by atoms with Gasteiger partial charge in [-0.25, -0.2) is 8.42 Å². The first-order valence-electron chi connectivity index (χ1n) is 9.87. The fraction of sp³-hybridized carbons (Fsp3) is 0.333. The summed E-state index contributed by atoms with van der Waals surface area (Å²) in [7, 11) is -4.15. The molecule has 1 aliphatic rings. The number of thioether (sulfide) groups is 1. The number of alkyl halides is 3. The number of hydrogen-bond acceptors (Lipinski definition) is 6. The minimum absolute atomic E-state index is 0.169. The fourth-order valence-corrected chi connectivity index (χ4v) is 5.55. The number of amides is 2. The summed E-state index contributed by atoms with van der Waals surface area (Å²) in [6.45, 7) is 1.40. The Hall–Kier alpha value is -2.28. The Morgan fingerprint density at radius 2 is 1.71 bits per heavy atom. The van der Waals surface area contributed by atoms with Crippen molar-refractivity contribution in [1.29, 1.82) is 0 Å². The van der Waals surface area contributed by atoms with Gasteiger partial charge in [-0.3, -0.25) is 9.59 Å². The molecule has 34 heavy (non-hydrogen) atoms. The van der Waals surface area contributed by atoms with Crippen LogP contribution in [0.25, 0.3) is 0 Å². The lowest BCUT2D eigenvalue weighted by molar-refractivity contribution is -0.242. The number of aliphatic hydroxyl groups is 1. The van der Waals surface area contributed by atoms with E-state index < -0.39 is 27.5 Å². The van der Waals surface area contributed by atoms with E-state index in [-0.39, 0.29) is 38.9 Å². The molecule has 0 unspecified atom stereocenters. The summed E-state index contributed by atoms with van der Waals surface area (Å²) < 4.78 is 64.8. The van der Waals surface area contributed by atoms with E-state index in [0.29, 0.717) is 13.1 Å². The lowest BCUT2D eigenvalue weighted by Crippen LogP contribution is -2.52. The van der Waals surface area contributed by atoms with Gasteiger partial charge in [0, 0.05) is 30.2 Å². The molecule has 0 radical (unpaired) electrons. The summed E-state index contributed by atoms with van der Waals surface area (Å²) in [5.74, 6) is -0.475. The number of rotatable bonds is 5. The van der Waals surface area contributed by atoms with Gasteiger partial charge in [-0.05, 0) is 43.3 Å². The molecule has 1 fully saturated rings. The van der Waals surface area contributed by atoms with E-state index in [2.05, 4.69) is 0 Å². The van der Waals surface area contributed by atoms with Gasteiger partial charge in [-0.15, -0.1) is 0 Å². The zero-order valence-electron chi connectivity index (χ0n) is 17.7. The average Bonchev–Trinajstić information content (AvgIpc) is 2.79. The van der Waals surface area contributed by atoms with Crippen molar-refractivity contribution >= 4 is 50.7 Å². The van der Waals surface area contributed by atoms with Gasteiger partial charge in [0.1, 0.15) is 0 Å². The van der Waals surface area contributed by atoms with E-state index in [1.165, 1.54) is 24.3 Å². The minimum atomic E-state index is -5.23. The molecule has 0 aromatic heterocycles. The summed E-state index contributed by atoms with van der Waals surface area (Å²) in [6.07, 6.45) is -5.23. The maximum absolute atomic E-state index is 13.1. The molecule has 2 amide bonds. The highest BCUT2D eigenvalue weighted by Crippen LogP contribution is 2.33. The summed E-state index contributed by atoms with van der Waals surface area (Å²) in [5.41, 5.74) is -3.79. The zero-order valence-corrected chi connectivity index (χ0v) is 20.1. The van der Waals surface area contributed by atoms with Crippen LogP contribution in [-0.2, 0) is 14.6 Å². The second-order valence-corrected chi connectivity index (χ2v) is 11.2. The molecule has 13 heteroatoms. The van der Waals surface area contributed by atoms with Crippen LogP contribution in [0.3, 0.4) is 0 Å². The summed E-state index contributed by atoms with van der Waals surface area (Å²) in [5, 5.41) is 11.0. The highest BCUT2D eigenvalue weighted by Gasteiger charge is 2.55. The van der Waals surface area contributed by atoms with E-state index in [9.17, 15) is 36.3 Å². The fourth-order valence-electron chi connectivity index (χ4n) is 3.02. The monoisotopic (exact) mass is 536 g/mol. The van der Waals surface area contributed by atoms with E-state index >= 15 is 0 Å². The molecule has 3 rings (SSSR count). The largest absolute Gasteiger partial charge is 0.426 e. The Bertz CT molecular complexity index is 1210. The van der Waals surface area contributed by atoms with E-state index in [1.807, 2.05) is 5.32 Å². The van der Waals surface area contributed by atoms with Crippen molar-refractivity contribution < 1.29 is 36.3 Å². The molecule has 184 valence electrons. The molecule has 0 aliphatic carbocycles. The van der Waals surface area contributed by atoms with Crippen LogP contribution in [0.5, 0.6) is 0 Å². The number of anilines is 1. The smallest absolute Gasteiger partial charge is 0.373 e. The van der Waals surface area contributed by atoms with Crippen LogP contribution in [0.1, 0.15) is 17.3 Å². The lowest BCUT2D eigenvalue weighted by atomic mass is 10.1. The number of benzene rings is 2. The number of carbonyl (C=O) groups is 2. The van der Waals surface area contributed by atoms with Crippen molar-refractivity contribution in [2.75, 3.05) is 29.9 Å². The van der Waals surface area contributed by atoms with Gasteiger partial charge >= 0.3 is 6.18 Å². The van der Waals surface area contributed by atoms with Gasteiger partial charge in [-0.2, -0.15) is 24.9 Å². The molecule has 0 spiro atoms. The van der Waals surface area contributed by atoms with Crippen LogP contribution < -0.4 is 5.32 Å². The first-order chi connectivity index (χ1) is 15.7. The Balaban J connectivity index is 1.85. The number of halogens is 4. The van der Waals surface area contributed by atoms with E-state index in [4.69, 9.17) is 11.6 Å². The van der Waals surface area contributed by atoms with Crippen LogP contribution >= 0.6 is 23.4 Å². The molecule has 7 nitrogen and oxygen atoms in total. The quantitative estimate of drug-likeness (QED) is 0.605. The minimum Gasteiger partial charge on any atom is -0.373 e. The predicted octanol–water partition coefficient (Wildman–Crippen LogP) is 3.61. The van der Waals surface area contributed by atoms with Gasteiger partial charge in [0.15, 0.2) is 0 Å². The number of nitrogens with zero attached hydrogens (tertiary/aromatic N) is 1. The van der Waals surface area contributed by atoms with Gasteiger partial charge in [0.25, 0.3) is 11.8 Å². The number of hydrogen-bond donors (Lipinski definition) is 2. The SMILES string of the molecule is C[C@@](O)(C(=O)Nc1ccc(S(=O)(=O)c2cccc(C(=O)N3CCSCC3)c2)cc1Cl)C(F)(F)F. The molecule has 2 aromatic carbocycles. The van der Waals surface area contributed by atoms with Crippen LogP contribution in [0, 0.1) is 0 Å². The summed E-state index contributed by atoms with van der Waals surface area (Å²) in [6, 6.07) is 8.54. The Kier molecular flexibility index (Phi) is 7.56. The summed E-state index contributed by atoms with van der Waals surface area (Å²) >= 11 is 7.74.